The van der Waals surface area contributed by atoms with Gasteiger partial charge in [-0.15, -0.1) is 0 Å². The smallest absolute Gasteiger partial charge is 0.305 e. The number of esters is 3. The fourth-order valence-electron chi connectivity index (χ4n) is 5.15. The molecule has 2 saturated heterocycles. The zero-order chi connectivity index (χ0) is 29.3. The second-order valence-electron chi connectivity index (χ2n) is 10.5. The van der Waals surface area contributed by atoms with E-state index in [-0.39, 0.29) is 47.5 Å². The molecule has 0 N–H and O–H groups in total. The largest absolute Gasteiger partial charge is 0.459 e. The summed E-state index contributed by atoms with van der Waals surface area (Å²) >= 11 is 1.64. The highest BCUT2D eigenvalue weighted by Crippen LogP contribution is 2.40. The van der Waals surface area contributed by atoms with E-state index >= 15 is 0 Å². The molecule has 10 atom stereocenters. The maximum atomic E-state index is 11.4. The lowest BCUT2D eigenvalue weighted by molar-refractivity contribution is -0.266. The quantitative estimate of drug-likeness (QED) is 0.290. The van der Waals surface area contributed by atoms with Crippen LogP contribution in [0.1, 0.15) is 75.2 Å². The van der Waals surface area contributed by atoms with Crippen molar-refractivity contribution in [3.05, 3.63) is 30.3 Å². The molecule has 1 aromatic carbocycles. The number of carbonyl (C=O) groups is 3. The molecular formula is C30H46O8S. The molecule has 39 heavy (non-hydrogen) atoms. The molecule has 0 radical (unpaired) electrons. The molecule has 6 unspecified atom stereocenters. The Hall–Kier alpha value is -2.10. The SMILES string of the molecule is CCC1OC(OC(C)=O)C(OC(C)=O)[C@@H](C)[C@@H]1C.CCC1OC(Sc2ccccc2)C(OC(C)=O)[C@@H](C)[C@@H]1C. The van der Waals surface area contributed by atoms with Crippen molar-refractivity contribution in [3.63, 3.8) is 0 Å². The maximum Gasteiger partial charge on any atom is 0.305 e. The number of rotatable bonds is 7. The van der Waals surface area contributed by atoms with Crippen molar-refractivity contribution in [2.75, 3.05) is 0 Å². The van der Waals surface area contributed by atoms with E-state index in [9.17, 15) is 14.4 Å². The zero-order valence-corrected chi connectivity index (χ0v) is 25.6. The van der Waals surface area contributed by atoms with Gasteiger partial charge in [-0.3, -0.25) is 14.4 Å². The van der Waals surface area contributed by atoms with E-state index in [1.807, 2.05) is 32.0 Å². The highest BCUT2D eigenvalue weighted by molar-refractivity contribution is 7.99. The van der Waals surface area contributed by atoms with Crippen LogP contribution in [0.3, 0.4) is 0 Å². The van der Waals surface area contributed by atoms with Crippen LogP contribution >= 0.6 is 11.8 Å². The Morgan fingerprint density at radius 3 is 1.64 bits per heavy atom. The van der Waals surface area contributed by atoms with Crippen molar-refractivity contribution in [2.45, 2.75) is 116 Å². The molecule has 2 aliphatic rings. The summed E-state index contributed by atoms with van der Waals surface area (Å²) in [7, 11) is 0. The highest BCUT2D eigenvalue weighted by Gasteiger charge is 2.45. The van der Waals surface area contributed by atoms with Crippen LogP contribution in [0, 0.1) is 23.7 Å². The molecule has 0 spiro atoms. The minimum absolute atomic E-state index is 0.0103. The van der Waals surface area contributed by atoms with Gasteiger partial charge < -0.3 is 23.7 Å². The molecule has 1 aromatic rings. The topological polar surface area (TPSA) is 97.4 Å². The Labute approximate surface area is 237 Å². The lowest BCUT2D eigenvalue weighted by Crippen LogP contribution is -2.52. The van der Waals surface area contributed by atoms with Crippen molar-refractivity contribution >= 4 is 29.7 Å². The fraction of sp³-hybridized carbons (Fsp3) is 0.700. The van der Waals surface area contributed by atoms with Crippen LogP contribution < -0.4 is 0 Å². The van der Waals surface area contributed by atoms with Crippen LogP contribution in [0.2, 0.25) is 0 Å². The van der Waals surface area contributed by atoms with E-state index in [1.165, 1.54) is 20.8 Å². The molecule has 0 bridgehead atoms. The standard InChI is InChI=1S/C17H24O3S.C13H22O5/c1-5-15-11(2)12(3)16(19-13(4)18)17(20-15)21-14-9-7-6-8-10-14;1-6-11-7(2)8(3)12(16-9(4)14)13(18-11)17-10(5)15/h6-12,15-17H,5H2,1-4H3;7-8,11-13H,6H2,1-5H3/t11-,12-,15?,16?,17?;7-,8-,11?,12?,13?/m00/s1. The number of hydrogen-bond donors (Lipinski definition) is 0. The van der Waals surface area contributed by atoms with E-state index < -0.39 is 24.3 Å². The van der Waals surface area contributed by atoms with E-state index in [0.717, 1.165) is 17.7 Å². The van der Waals surface area contributed by atoms with Crippen LogP contribution in [0.5, 0.6) is 0 Å². The molecule has 2 fully saturated rings. The molecule has 2 aliphatic heterocycles. The first-order valence-electron chi connectivity index (χ1n) is 13.9. The molecule has 9 heteroatoms. The fourth-order valence-corrected chi connectivity index (χ4v) is 6.37. The third kappa shape index (κ3) is 9.50. The molecule has 3 rings (SSSR count). The van der Waals surface area contributed by atoms with Crippen LogP contribution in [0.4, 0.5) is 0 Å². The second kappa shape index (κ2) is 15.6. The van der Waals surface area contributed by atoms with Gasteiger partial charge in [0.25, 0.3) is 0 Å². The van der Waals surface area contributed by atoms with Gasteiger partial charge in [0, 0.05) is 37.5 Å². The van der Waals surface area contributed by atoms with Crippen molar-refractivity contribution in [3.8, 4) is 0 Å². The average molecular weight is 567 g/mol. The molecular weight excluding hydrogens is 520 g/mol. The minimum Gasteiger partial charge on any atom is -0.459 e. The summed E-state index contributed by atoms with van der Waals surface area (Å²) in [6.07, 6.45) is 0.488. The highest BCUT2D eigenvalue weighted by atomic mass is 32.2. The van der Waals surface area contributed by atoms with Crippen molar-refractivity contribution in [1.82, 2.24) is 0 Å². The number of benzene rings is 1. The third-order valence-electron chi connectivity index (χ3n) is 7.71. The summed E-state index contributed by atoms with van der Waals surface area (Å²) in [5, 5.41) is 0. The van der Waals surface area contributed by atoms with Gasteiger partial charge >= 0.3 is 17.9 Å². The van der Waals surface area contributed by atoms with Crippen LogP contribution in [0.25, 0.3) is 0 Å². The van der Waals surface area contributed by atoms with Gasteiger partial charge in [0.15, 0.2) is 6.10 Å². The van der Waals surface area contributed by atoms with E-state index in [1.54, 1.807) is 11.8 Å². The first-order chi connectivity index (χ1) is 18.4. The predicted octanol–water partition coefficient (Wildman–Crippen LogP) is 6.01. The Morgan fingerprint density at radius 1 is 0.692 bits per heavy atom. The third-order valence-corrected chi connectivity index (χ3v) is 8.86. The summed E-state index contributed by atoms with van der Waals surface area (Å²) in [6, 6.07) is 10.1. The van der Waals surface area contributed by atoms with E-state index in [0.29, 0.717) is 5.92 Å². The second-order valence-corrected chi connectivity index (χ2v) is 11.7. The number of thioether (sulfide) groups is 1. The van der Waals surface area contributed by atoms with Gasteiger partial charge in [0.1, 0.15) is 11.5 Å². The number of hydrogen-bond acceptors (Lipinski definition) is 9. The van der Waals surface area contributed by atoms with Gasteiger partial charge in [0.05, 0.1) is 12.2 Å². The maximum absolute atomic E-state index is 11.4. The molecule has 0 aliphatic carbocycles. The predicted molar refractivity (Wildman–Crippen MR) is 150 cm³/mol. The molecule has 0 amide bonds. The lowest BCUT2D eigenvalue weighted by Gasteiger charge is -2.43. The lowest BCUT2D eigenvalue weighted by atomic mass is 9.82. The average Bonchev–Trinajstić information content (AvgIpc) is 2.88. The van der Waals surface area contributed by atoms with E-state index in [4.69, 9.17) is 23.7 Å². The summed E-state index contributed by atoms with van der Waals surface area (Å²) in [5.74, 6) is -0.0799. The zero-order valence-electron chi connectivity index (χ0n) is 24.7. The summed E-state index contributed by atoms with van der Waals surface area (Å²) < 4.78 is 27.9. The molecule has 220 valence electrons. The summed E-state index contributed by atoms with van der Waals surface area (Å²) in [4.78, 5) is 34.8. The monoisotopic (exact) mass is 566 g/mol. The van der Waals surface area contributed by atoms with Crippen molar-refractivity contribution in [2.24, 2.45) is 23.7 Å². The molecule has 0 aromatic heterocycles. The number of carbonyl (C=O) groups excluding carboxylic acids is 3. The molecule has 0 saturated carbocycles. The minimum atomic E-state index is -0.803. The van der Waals surface area contributed by atoms with Crippen molar-refractivity contribution < 1.29 is 38.1 Å². The van der Waals surface area contributed by atoms with E-state index in [2.05, 4.69) is 39.8 Å². The van der Waals surface area contributed by atoms with Crippen LogP contribution in [-0.2, 0) is 38.1 Å². The van der Waals surface area contributed by atoms with Gasteiger partial charge in [0.2, 0.25) is 6.29 Å². The van der Waals surface area contributed by atoms with Gasteiger partial charge in [-0.1, -0.05) is 71.5 Å². The Morgan fingerprint density at radius 2 is 1.15 bits per heavy atom. The Bertz CT molecular complexity index is 925. The van der Waals surface area contributed by atoms with Crippen LogP contribution in [0.15, 0.2) is 35.2 Å². The molecule has 2 heterocycles. The first kappa shape index (κ1) is 33.1. The first-order valence-corrected chi connectivity index (χ1v) is 14.8. The van der Waals surface area contributed by atoms with Gasteiger partial charge in [-0.25, -0.2) is 0 Å². The number of ether oxygens (including phenoxy) is 5. The van der Waals surface area contributed by atoms with Crippen molar-refractivity contribution in [1.29, 1.82) is 0 Å². The summed E-state index contributed by atoms with van der Waals surface area (Å²) in [5.41, 5.74) is -0.146. The van der Waals surface area contributed by atoms with Gasteiger partial charge in [-0.2, -0.15) is 0 Å². The normalized spacial score (nSPS) is 34.2. The van der Waals surface area contributed by atoms with Crippen LogP contribution in [-0.4, -0.2) is 54.0 Å². The molecule has 8 nitrogen and oxygen atoms in total. The Balaban J connectivity index is 0.000000277. The Kier molecular flexibility index (Phi) is 13.3. The van der Waals surface area contributed by atoms with Gasteiger partial charge in [-0.05, 0) is 36.8 Å². The summed E-state index contributed by atoms with van der Waals surface area (Å²) in [6.45, 7) is 16.7.